The molecular formula is C43H87N9. The van der Waals surface area contributed by atoms with Gasteiger partial charge in [0.25, 0.3) is 0 Å². The van der Waals surface area contributed by atoms with Gasteiger partial charge in [0.1, 0.15) is 0 Å². The summed E-state index contributed by atoms with van der Waals surface area (Å²) in [5.74, 6) is 1.41. The van der Waals surface area contributed by atoms with Gasteiger partial charge in [-0.25, -0.2) is 0 Å². The maximum Gasteiger partial charge on any atom is 0.225 e. The fraction of sp³-hybridized carbons (Fsp3) is 0.953. The molecule has 1 unspecified atom stereocenters. The second kappa shape index (κ2) is 16.8. The molecule has 1 atom stereocenters. The smallest absolute Gasteiger partial charge is 0.225 e. The molecule has 0 amide bonds. The molecular weight excluding hydrogens is 643 g/mol. The van der Waals surface area contributed by atoms with Gasteiger partial charge in [-0.1, -0.05) is 39.5 Å². The molecule has 0 aromatic carbocycles. The van der Waals surface area contributed by atoms with Gasteiger partial charge in [-0.3, -0.25) is 25.0 Å². The minimum Gasteiger partial charge on any atom is -0.369 e. The van der Waals surface area contributed by atoms with Gasteiger partial charge in [0.2, 0.25) is 5.96 Å². The van der Waals surface area contributed by atoms with Gasteiger partial charge in [-0.2, -0.15) is 4.99 Å². The molecule has 3 heterocycles. The minimum absolute atomic E-state index is 0.0166. The van der Waals surface area contributed by atoms with Crippen LogP contribution in [0, 0.1) is 0 Å². The SMILES string of the molecule is CCCCCC(NC1CC(C)(C)N(C)C(C)(C)C1)N(C(N=C(N)N(CCCC)C1CC(C)(C)N(C)C(C)(C)C1)=NC)C1CC(C)(C)N(C)C(C)(C)C1. The lowest BCUT2D eigenvalue weighted by molar-refractivity contribution is -0.0509. The highest BCUT2D eigenvalue weighted by Gasteiger charge is 2.49. The number of nitrogens with two attached hydrogens (primary N) is 1. The Labute approximate surface area is 323 Å². The van der Waals surface area contributed by atoms with Gasteiger partial charge < -0.3 is 15.5 Å². The molecule has 3 aliphatic rings. The van der Waals surface area contributed by atoms with Gasteiger partial charge in [-0.15, -0.1) is 0 Å². The van der Waals surface area contributed by atoms with Crippen LogP contribution in [-0.2, 0) is 0 Å². The van der Waals surface area contributed by atoms with Gasteiger partial charge in [0, 0.05) is 65.0 Å². The lowest BCUT2D eigenvalue weighted by Gasteiger charge is -2.57. The molecule has 304 valence electrons. The molecule has 52 heavy (non-hydrogen) atoms. The monoisotopic (exact) mass is 730 g/mol. The molecule has 3 fully saturated rings. The van der Waals surface area contributed by atoms with E-state index in [9.17, 15) is 0 Å². The van der Waals surface area contributed by atoms with Crippen LogP contribution in [0.5, 0.6) is 0 Å². The van der Waals surface area contributed by atoms with Crippen molar-refractivity contribution in [2.75, 3.05) is 34.7 Å². The highest BCUT2D eigenvalue weighted by atomic mass is 15.4. The summed E-state index contributed by atoms with van der Waals surface area (Å²) in [7, 11) is 8.83. The van der Waals surface area contributed by atoms with Gasteiger partial charge in [-0.05, 0) is 156 Å². The average Bonchev–Trinajstić information content (AvgIpc) is 3.00. The van der Waals surface area contributed by atoms with Crippen molar-refractivity contribution in [1.29, 1.82) is 0 Å². The molecule has 3 rings (SSSR count). The van der Waals surface area contributed by atoms with Crippen molar-refractivity contribution in [3.05, 3.63) is 0 Å². The largest absolute Gasteiger partial charge is 0.369 e. The maximum atomic E-state index is 7.29. The first-order valence-electron chi connectivity index (χ1n) is 21.1. The summed E-state index contributed by atoms with van der Waals surface area (Å²) < 4.78 is 0. The van der Waals surface area contributed by atoms with Crippen LogP contribution in [0.4, 0.5) is 0 Å². The number of rotatable bonds is 12. The average molecular weight is 730 g/mol. The van der Waals surface area contributed by atoms with Crippen molar-refractivity contribution in [3.8, 4) is 0 Å². The predicted molar refractivity (Wildman–Crippen MR) is 226 cm³/mol. The van der Waals surface area contributed by atoms with Crippen LogP contribution < -0.4 is 11.1 Å². The first-order valence-corrected chi connectivity index (χ1v) is 21.1. The van der Waals surface area contributed by atoms with E-state index in [1.807, 2.05) is 7.05 Å². The predicted octanol–water partition coefficient (Wildman–Crippen LogP) is 8.14. The van der Waals surface area contributed by atoms with E-state index < -0.39 is 0 Å². The van der Waals surface area contributed by atoms with Crippen molar-refractivity contribution in [2.45, 2.75) is 232 Å². The van der Waals surface area contributed by atoms with Crippen molar-refractivity contribution in [1.82, 2.24) is 29.8 Å². The second-order valence-corrected chi connectivity index (χ2v) is 20.9. The zero-order chi connectivity index (χ0) is 39.7. The number of aliphatic imine (C=N–C) groups is 2. The van der Waals surface area contributed by atoms with E-state index in [0.29, 0.717) is 18.0 Å². The summed E-state index contributed by atoms with van der Waals surface area (Å²) in [6.45, 7) is 34.3. The molecule has 0 aromatic rings. The fourth-order valence-electron chi connectivity index (χ4n) is 10.5. The standard InChI is InChI=1S/C43H87N9/c1-19-21-23-24-35(46-32-26-38(3,4)48(16)39(5,6)27-32)52(34-30-42(11,12)50(18)43(13,14)31-34)37(45-15)47-36(44)51(25-22-20-2)33-28-40(7,8)49(17)41(9,10)29-33/h32-35,46H,19-31H2,1-18H3,(H2,44,45,47). The van der Waals surface area contributed by atoms with E-state index in [2.05, 4.69) is 148 Å². The Morgan fingerprint density at radius 3 is 1.46 bits per heavy atom. The molecule has 3 saturated heterocycles. The molecule has 9 nitrogen and oxygen atoms in total. The maximum absolute atomic E-state index is 7.29. The zero-order valence-corrected chi connectivity index (χ0v) is 37.7. The molecule has 0 aromatic heterocycles. The number of likely N-dealkylation sites (tertiary alicyclic amines) is 3. The molecule has 9 heteroatoms. The molecule has 0 aliphatic carbocycles. The van der Waals surface area contributed by atoms with Crippen molar-refractivity contribution < 1.29 is 0 Å². The summed E-state index contributed by atoms with van der Waals surface area (Å²) in [5, 5.41) is 4.33. The summed E-state index contributed by atoms with van der Waals surface area (Å²) in [4.78, 5) is 23.4. The third-order valence-electron chi connectivity index (χ3n) is 14.3. The van der Waals surface area contributed by atoms with Crippen LogP contribution in [0.1, 0.15) is 174 Å². The number of unbranched alkanes of at least 4 members (excludes halogenated alkanes) is 3. The number of guanidine groups is 2. The molecule has 3 aliphatic heterocycles. The first-order chi connectivity index (χ1) is 23.8. The lowest BCUT2D eigenvalue weighted by atomic mass is 9.76. The van der Waals surface area contributed by atoms with Crippen LogP contribution in [0.2, 0.25) is 0 Å². The molecule has 3 N–H and O–H groups in total. The number of hydrogen-bond donors (Lipinski definition) is 2. The third-order valence-corrected chi connectivity index (χ3v) is 14.3. The number of nitrogens with zero attached hydrogens (tertiary/aromatic N) is 7. The third kappa shape index (κ3) is 10.3. The Balaban J connectivity index is 2.17. The quantitative estimate of drug-likeness (QED) is 0.0909. The Hall–Kier alpha value is -1.42. The summed E-state index contributed by atoms with van der Waals surface area (Å²) in [5.41, 5.74) is 7.62. The summed E-state index contributed by atoms with van der Waals surface area (Å²) in [6.07, 6.45) is 13.3. The highest BCUT2D eigenvalue weighted by molar-refractivity contribution is 5.94. The van der Waals surface area contributed by atoms with Gasteiger partial charge in [0.15, 0.2) is 5.96 Å². The van der Waals surface area contributed by atoms with E-state index in [4.69, 9.17) is 15.7 Å². The van der Waals surface area contributed by atoms with Crippen LogP contribution in [-0.4, -0.2) is 129 Å². The van der Waals surface area contributed by atoms with Crippen LogP contribution >= 0.6 is 0 Å². The molecule has 0 radical (unpaired) electrons. The van der Waals surface area contributed by atoms with Crippen molar-refractivity contribution >= 4 is 11.9 Å². The fourth-order valence-corrected chi connectivity index (χ4v) is 10.5. The number of hydrogen-bond acceptors (Lipinski definition) is 5. The number of piperidine rings is 3. The summed E-state index contributed by atoms with van der Waals surface area (Å²) in [6, 6.07) is 0.950. The lowest BCUT2D eigenvalue weighted by Crippen LogP contribution is -2.68. The molecule has 0 bridgehead atoms. The van der Waals surface area contributed by atoms with Crippen molar-refractivity contribution in [2.24, 2.45) is 15.7 Å². The van der Waals surface area contributed by atoms with Gasteiger partial charge in [0.05, 0.1) is 6.17 Å². The molecule has 0 spiro atoms. The van der Waals surface area contributed by atoms with E-state index in [0.717, 1.165) is 70.3 Å². The minimum atomic E-state index is 0.0166. The highest BCUT2D eigenvalue weighted by Crippen LogP contribution is 2.42. The Bertz CT molecular complexity index is 1160. The van der Waals surface area contributed by atoms with Crippen LogP contribution in [0.15, 0.2) is 9.98 Å². The molecule has 0 saturated carbocycles. The first kappa shape index (κ1) is 45.0. The van der Waals surface area contributed by atoms with Crippen LogP contribution in [0.25, 0.3) is 0 Å². The summed E-state index contributed by atoms with van der Waals surface area (Å²) >= 11 is 0. The Kier molecular flexibility index (Phi) is 14.5. The van der Waals surface area contributed by atoms with E-state index >= 15 is 0 Å². The number of nitrogens with one attached hydrogen (secondary N) is 1. The van der Waals surface area contributed by atoms with E-state index in [-0.39, 0.29) is 45.4 Å². The normalized spacial score (nSPS) is 26.7. The van der Waals surface area contributed by atoms with Gasteiger partial charge >= 0.3 is 0 Å². The van der Waals surface area contributed by atoms with E-state index in [1.165, 1.54) is 19.3 Å². The van der Waals surface area contributed by atoms with Crippen LogP contribution in [0.3, 0.4) is 0 Å². The Morgan fingerprint density at radius 1 is 0.654 bits per heavy atom. The van der Waals surface area contributed by atoms with E-state index in [1.54, 1.807) is 0 Å². The zero-order valence-electron chi connectivity index (χ0n) is 37.7. The Morgan fingerprint density at radius 2 is 1.06 bits per heavy atom. The van der Waals surface area contributed by atoms with Crippen molar-refractivity contribution in [3.63, 3.8) is 0 Å². The second-order valence-electron chi connectivity index (χ2n) is 20.9. The topological polar surface area (TPSA) is 79.0 Å².